The molecule has 118 valence electrons. The Morgan fingerprint density at radius 2 is 1.90 bits per heavy atom. The van der Waals surface area contributed by atoms with Gasteiger partial charge in [0.15, 0.2) is 0 Å². The van der Waals surface area contributed by atoms with Crippen LogP contribution in [0.15, 0.2) is 24.3 Å². The van der Waals surface area contributed by atoms with Gasteiger partial charge >= 0.3 is 0 Å². The molecule has 1 aliphatic rings. The highest BCUT2D eigenvalue weighted by atomic mass is 35.5. The molecule has 3 nitrogen and oxygen atoms in total. The number of likely N-dealkylation sites (tertiary alicyclic amines) is 1. The number of rotatable bonds is 6. The first-order valence-electron chi connectivity index (χ1n) is 7.89. The van der Waals surface area contributed by atoms with Crippen molar-refractivity contribution in [1.82, 2.24) is 9.80 Å². The lowest BCUT2D eigenvalue weighted by Crippen LogP contribution is -2.39. The Balaban J connectivity index is 1.81. The van der Waals surface area contributed by atoms with Crippen molar-refractivity contribution in [2.45, 2.75) is 25.8 Å². The second-order valence-electron chi connectivity index (χ2n) is 6.18. The van der Waals surface area contributed by atoms with Crippen LogP contribution < -0.4 is 0 Å². The van der Waals surface area contributed by atoms with E-state index in [-0.39, 0.29) is 6.61 Å². The number of benzene rings is 1. The molecule has 0 aromatic heterocycles. The number of nitrogens with zero attached hydrogens (tertiary/aromatic N) is 2. The predicted molar refractivity (Wildman–Crippen MR) is 88.7 cm³/mol. The summed E-state index contributed by atoms with van der Waals surface area (Å²) in [5, 5.41) is 9.79. The molecule has 1 N–H and O–H groups in total. The minimum atomic E-state index is 0.276. The first-order valence-corrected chi connectivity index (χ1v) is 8.27. The van der Waals surface area contributed by atoms with E-state index >= 15 is 0 Å². The monoisotopic (exact) mass is 310 g/mol. The minimum absolute atomic E-state index is 0.276. The van der Waals surface area contributed by atoms with Crippen LogP contribution in [0.2, 0.25) is 5.02 Å². The van der Waals surface area contributed by atoms with E-state index in [4.69, 9.17) is 16.7 Å². The maximum Gasteiger partial charge on any atom is 0.0558 e. The summed E-state index contributed by atoms with van der Waals surface area (Å²) in [6, 6.07) is 8.59. The molecule has 0 radical (unpaired) electrons. The summed E-state index contributed by atoms with van der Waals surface area (Å²) >= 11 is 5.95. The Kier molecular flexibility index (Phi) is 6.49. The summed E-state index contributed by atoms with van der Waals surface area (Å²) in [5.41, 5.74) is 1.32. The van der Waals surface area contributed by atoms with Gasteiger partial charge in [0, 0.05) is 24.2 Å². The molecule has 1 heterocycles. The van der Waals surface area contributed by atoms with E-state index < -0.39 is 0 Å². The largest absolute Gasteiger partial charge is 0.395 e. The highest BCUT2D eigenvalue weighted by Gasteiger charge is 2.22. The normalized spacial score (nSPS) is 19.1. The SMILES string of the molecule is CC(c1ccc(Cl)cc1)N(C)CC1CCN(CCO)CC1. The molecule has 2 rings (SSSR count). The van der Waals surface area contributed by atoms with E-state index in [1.54, 1.807) is 0 Å². The Bertz CT molecular complexity index is 415. The molecular weight excluding hydrogens is 284 g/mol. The molecular formula is C17H27ClN2O. The third kappa shape index (κ3) is 4.96. The lowest BCUT2D eigenvalue weighted by atomic mass is 9.95. The van der Waals surface area contributed by atoms with Crippen LogP contribution in [-0.2, 0) is 0 Å². The summed E-state index contributed by atoms with van der Waals surface area (Å²) in [6.45, 7) is 6.73. The summed E-state index contributed by atoms with van der Waals surface area (Å²) in [6.07, 6.45) is 2.47. The van der Waals surface area contributed by atoms with Crippen molar-refractivity contribution >= 4 is 11.6 Å². The molecule has 0 spiro atoms. The summed E-state index contributed by atoms with van der Waals surface area (Å²) in [4.78, 5) is 4.80. The number of halogens is 1. The van der Waals surface area contributed by atoms with Gasteiger partial charge in [-0.1, -0.05) is 23.7 Å². The Hall–Kier alpha value is -0.610. The van der Waals surface area contributed by atoms with E-state index in [9.17, 15) is 0 Å². The molecule has 0 bridgehead atoms. The number of hydrogen-bond donors (Lipinski definition) is 1. The van der Waals surface area contributed by atoms with Gasteiger partial charge in [0.05, 0.1) is 6.61 Å². The third-order valence-electron chi connectivity index (χ3n) is 4.68. The Labute approximate surface area is 133 Å². The van der Waals surface area contributed by atoms with E-state index in [0.29, 0.717) is 6.04 Å². The molecule has 0 aliphatic carbocycles. The van der Waals surface area contributed by atoms with Gasteiger partial charge in [-0.15, -0.1) is 0 Å². The fourth-order valence-corrected chi connectivity index (χ4v) is 3.22. The van der Waals surface area contributed by atoms with Gasteiger partial charge in [0.25, 0.3) is 0 Å². The zero-order valence-electron chi connectivity index (χ0n) is 13.1. The number of aliphatic hydroxyl groups excluding tert-OH is 1. The smallest absolute Gasteiger partial charge is 0.0558 e. The molecule has 1 atom stereocenters. The highest BCUT2D eigenvalue weighted by molar-refractivity contribution is 6.30. The number of piperidine rings is 1. The lowest BCUT2D eigenvalue weighted by molar-refractivity contribution is 0.121. The van der Waals surface area contributed by atoms with Gasteiger partial charge in [-0.05, 0) is 63.5 Å². The zero-order valence-corrected chi connectivity index (χ0v) is 13.9. The van der Waals surface area contributed by atoms with Crippen LogP contribution in [0.3, 0.4) is 0 Å². The number of hydrogen-bond acceptors (Lipinski definition) is 3. The van der Waals surface area contributed by atoms with Crippen molar-refractivity contribution in [2.24, 2.45) is 5.92 Å². The fraction of sp³-hybridized carbons (Fsp3) is 0.647. The first kappa shape index (κ1) is 16.8. The first-order chi connectivity index (χ1) is 10.1. The van der Waals surface area contributed by atoms with Crippen LogP contribution in [-0.4, -0.2) is 54.7 Å². The van der Waals surface area contributed by atoms with Crippen LogP contribution in [0.25, 0.3) is 0 Å². The highest BCUT2D eigenvalue weighted by Crippen LogP contribution is 2.24. The molecule has 1 aromatic rings. The topological polar surface area (TPSA) is 26.7 Å². The molecule has 4 heteroatoms. The van der Waals surface area contributed by atoms with Gasteiger partial charge in [0.2, 0.25) is 0 Å². The third-order valence-corrected chi connectivity index (χ3v) is 4.94. The van der Waals surface area contributed by atoms with Crippen molar-refractivity contribution in [3.63, 3.8) is 0 Å². The quantitative estimate of drug-likeness (QED) is 0.875. The van der Waals surface area contributed by atoms with Gasteiger partial charge < -0.3 is 10.0 Å². The van der Waals surface area contributed by atoms with Crippen molar-refractivity contribution < 1.29 is 5.11 Å². The fourth-order valence-electron chi connectivity index (χ4n) is 3.10. The van der Waals surface area contributed by atoms with Crippen molar-refractivity contribution in [1.29, 1.82) is 0 Å². The number of aliphatic hydroxyl groups is 1. The average Bonchev–Trinajstić information content (AvgIpc) is 2.49. The minimum Gasteiger partial charge on any atom is -0.395 e. The van der Waals surface area contributed by atoms with E-state index in [0.717, 1.165) is 37.1 Å². The second kappa shape index (κ2) is 8.14. The molecule has 1 fully saturated rings. The molecule has 1 aliphatic heterocycles. The summed E-state index contributed by atoms with van der Waals surface area (Å²) in [5.74, 6) is 0.764. The van der Waals surface area contributed by atoms with Gasteiger partial charge in [-0.2, -0.15) is 0 Å². The maximum atomic E-state index is 8.99. The molecule has 21 heavy (non-hydrogen) atoms. The lowest BCUT2D eigenvalue weighted by Gasteiger charge is -2.35. The standard InChI is InChI=1S/C17H27ClN2O/c1-14(16-3-5-17(18)6-4-16)19(2)13-15-7-9-20(10-8-15)11-12-21/h3-6,14-15,21H,7-13H2,1-2H3. The average molecular weight is 311 g/mol. The second-order valence-corrected chi connectivity index (χ2v) is 6.61. The van der Waals surface area contributed by atoms with E-state index in [1.165, 1.54) is 18.4 Å². The molecule has 1 saturated heterocycles. The van der Waals surface area contributed by atoms with Gasteiger partial charge in [0.1, 0.15) is 0 Å². The van der Waals surface area contributed by atoms with Crippen molar-refractivity contribution in [3.05, 3.63) is 34.9 Å². The van der Waals surface area contributed by atoms with Crippen LogP contribution in [0.1, 0.15) is 31.4 Å². The maximum absolute atomic E-state index is 8.99. The van der Waals surface area contributed by atoms with Crippen molar-refractivity contribution in [2.75, 3.05) is 39.8 Å². The Morgan fingerprint density at radius 1 is 1.29 bits per heavy atom. The van der Waals surface area contributed by atoms with Crippen LogP contribution in [0.4, 0.5) is 0 Å². The van der Waals surface area contributed by atoms with Gasteiger partial charge in [-0.3, -0.25) is 4.90 Å². The van der Waals surface area contributed by atoms with Crippen molar-refractivity contribution in [3.8, 4) is 0 Å². The molecule has 1 aromatic carbocycles. The molecule has 0 saturated carbocycles. The predicted octanol–water partition coefficient (Wildman–Crippen LogP) is 3.04. The molecule has 0 amide bonds. The summed E-state index contributed by atoms with van der Waals surface area (Å²) < 4.78 is 0. The zero-order chi connectivity index (χ0) is 15.2. The van der Waals surface area contributed by atoms with Crippen LogP contribution >= 0.6 is 11.6 Å². The van der Waals surface area contributed by atoms with E-state index in [2.05, 4.69) is 35.9 Å². The molecule has 1 unspecified atom stereocenters. The van der Waals surface area contributed by atoms with E-state index in [1.807, 2.05) is 12.1 Å². The Morgan fingerprint density at radius 3 is 2.48 bits per heavy atom. The van der Waals surface area contributed by atoms with Crippen LogP contribution in [0.5, 0.6) is 0 Å². The van der Waals surface area contributed by atoms with Gasteiger partial charge in [-0.25, -0.2) is 0 Å². The summed E-state index contributed by atoms with van der Waals surface area (Å²) in [7, 11) is 2.21. The number of β-amino-alcohol motifs (C(OH)–C–C–N with tert-alkyl or cyclic N) is 1. The van der Waals surface area contributed by atoms with Crippen LogP contribution in [0, 0.1) is 5.92 Å².